The SMILES string of the molecule is Cl.NC(CC(=O)NCC1CCOC1)c1ccccc1. The molecule has 5 heteroatoms. The third-order valence-corrected chi connectivity index (χ3v) is 3.24. The fourth-order valence-electron chi connectivity index (χ4n) is 2.09. The Balaban J connectivity index is 0.00000180. The number of rotatable bonds is 5. The molecule has 4 nitrogen and oxygen atoms in total. The predicted molar refractivity (Wildman–Crippen MR) is 77.2 cm³/mol. The standard InChI is InChI=1S/C14H20N2O2.ClH/c15-13(12-4-2-1-3-5-12)8-14(17)16-9-11-6-7-18-10-11;/h1-5,11,13H,6-10,15H2,(H,16,17);1H. The predicted octanol–water partition coefficient (Wildman–Crippen LogP) is 1.65. The first-order valence-electron chi connectivity index (χ1n) is 6.40. The van der Waals surface area contributed by atoms with E-state index in [0.29, 0.717) is 18.9 Å². The van der Waals surface area contributed by atoms with Crippen LogP contribution in [0.25, 0.3) is 0 Å². The van der Waals surface area contributed by atoms with Crippen LogP contribution in [-0.4, -0.2) is 25.7 Å². The Morgan fingerprint density at radius 2 is 2.16 bits per heavy atom. The van der Waals surface area contributed by atoms with Gasteiger partial charge in [0.2, 0.25) is 5.91 Å². The fourth-order valence-corrected chi connectivity index (χ4v) is 2.09. The molecule has 2 atom stereocenters. The Morgan fingerprint density at radius 1 is 1.42 bits per heavy atom. The van der Waals surface area contributed by atoms with E-state index < -0.39 is 0 Å². The van der Waals surface area contributed by atoms with Gasteiger partial charge >= 0.3 is 0 Å². The van der Waals surface area contributed by atoms with Gasteiger partial charge in [-0.15, -0.1) is 12.4 Å². The first-order valence-corrected chi connectivity index (χ1v) is 6.40. The van der Waals surface area contributed by atoms with Crippen molar-refractivity contribution in [2.75, 3.05) is 19.8 Å². The van der Waals surface area contributed by atoms with Gasteiger partial charge in [-0.3, -0.25) is 4.79 Å². The van der Waals surface area contributed by atoms with Crippen molar-refractivity contribution in [1.29, 1.82) is 0 Å². The number of ether oxygens (including phenoxy) is 1. The van der Waals surface area contributed by atoms with Crippen LogP contribution < -0.4 is 11.1 Å². The molecular weight excluding hydrogens is 264 g/mol. The molecule has 0 aromatic heterocycles. The van der Waals surface area contributed by atoms with Crippen LogP contribution in [0.1, 0.15) is 24.4 Å². The van der Waals surface area contributed by atoms with E-state index in [-0.39, 0.29) is 24.4 Å². The first-order chi connectivity index (χ1) is 8.75. The number of carbonyl (C=O) groups is 1. The Bertz CT molecular complexity index is 380. The van der Waals surface area contributed by atoms with Crippen LogP contribution in [-0.2, 0) is 9.53 Å². The highest BCUT2D eigenvalue weighted by Gasteiger charge is 2.17. The Hall–Kier alpha value is -1.10. The minimum Gasteiger partial charge on any atom is -0.381 e. The van der Waals surface area contributed by atoms with Crippen molar-refractivity contribution in [2.24, 2.45) is 11.7 Å². The highest BCUT2D eigenvalue weighted by molar-refractivity contribution is 5.85. The van der Waals surface area contributed by atoms with Gasteiger partial charge in [0.1, 0.15) is 0 Å². The zero-order chi connectivity index (χ0) is 12.8. The van der Waals surface area contributed by atoms with Crippen molar-refractivity contribution in [2.45, 2.75) is 18.9 Å². The zero-order valence-corrected chi connectivity index (χ0v) is 11.7. The monoisotopic (exact) mass is 284 g/mol. The molecule has 0 saturated carbocycles. The molecule has 1 aliphatic rings. The Morgan fingerprint density at radius 3 is 2.79 bits per heavy atom. The number of benzene rings is 1. The summed E-state index contributed by atoms with van der Waals surface area (Å²) in [5.41, 5.74) is 6.99. The molecule has 1 saturated heterocycles. The average molecular weight is 285 g/mol. The van der Waals surface area contributed by atoms with Crippen molar-refractivity contribution >= 4 is 18.3 Å². The van der Waals surface area contributed by atoms with Crippen LogP contribution in [0.15, 0.2) is 30.3 Å². The minimum absolute atomic E-state index is 0. The van der Waals surface area contributed by atoms with Crippen LogP contribution in [0, 0.1) is 5.92 Å². The summed E-state index contributed by atoms with van der Waals surface area (Å²) in [5, 5.41) is 2.93. The van der Waals surface area contributed by atoms with Crippen molar-refractivity contribution in [3.05, 3.63) is 35.9 Å². The van der Waals surface area contributed by atoms with Gasteiger partial charge in [-0.25, -0.2) is 0 Å². The molecule has 3 N–H and O–H groups in total. The molecule has 0 spiro atoms. The summed E-state index contributed by atoms with van der Waals surface area (Å²) in [5.74, 6) is 0.472. The molecule has 1 fully saturated rings. The fraction of sp³-hybridized carbons (Fsp3) is 0.500. The summed E-state index contributed by atoms with van der Waals surface area (Å²) in [6.07, 6.45) is 1.36. The van der Waals surface area contributed by atoms with E-state index in [9.17, 15) is 4.79 Å². The Kier molecular flexibility index (Phi) is 6.84. The lowest BCUT2D eigenvalue weighted by atomic mass is 10.0. The topological polar surface area (TPSA) is 64.4 Å². The van der Waals surface area contributed by atoms with Crippen LogP contribution in [0.2, 0.25) is 0 Å². The number of nitrogens with one attached hydrogen (secondary N) is 1. The van der Waals surface area contributed by atoms with Gasteiger partial charge in [0, 0.05) is 31.5 Å². The maximum Gasteiger partial charge on any atom is 0.221 e. The summed E-state index contributed by atoms with van der Waals surface area (Å²) in [4.78, 5) is 11.8. The third kappa shape index (κ3) is 5.19. The number of hydrogen-bond donors (Lipinski definition) is 2. The van der Waals surface area contributed by atoms with E-state index in [0.717, 1.165) is 25.2 Å². The number of halogens is 1. The molecule has 1 aromatic carbocycles. The third-order valence-electron chi connectivity index (χ3n) is 3.24. The second-order valence-electron chi connectivity index (χ2n) is 4.75. The van der Waals surface area contributed by atoms with Crippen LogP contribution in [0.4, 0.5) is 0 Å². The van der Waals surface area contributed by atoms with Gasteiger partial charge in [-0.2, -0.15) is 0 Å². The lowest BCUT2D eigenvalue weighted by Gasteiger charge is -2.13. The summed E-state index contributed by atoms with van der Waals surface area (Å²) in [6.45, 7) is 2.26. The lowest BCUT2D eigenvalue weighted by Crippen LogP contribution is -2.31. The smallest absolute Gasteiger partial charge is 0.221 e. The normalized spacial score (nSPS) is 19.5. The van der Waals surface area contributed by atoms with Crippen LogP contribution in [0.3, 0.4) is 0 Å². The Labute approximate surface area is 120 Å². The van der Waals surface area contributed by atoms with Gasteiger partial charge in [0.15, 0.2) is 0 Å². The molecule has 2 unspecified atom stereocenters. The highest BCUT2D eigenvalue weighted by Crippen LogP contribution is 2.14. The van der Waals surface area contributed by atoms with E-state index in [1.165, 1.54) is 0 Å². The summed E-state index contributed by atoms with van der Waals surface area (Å²) in [7, 11) is 0. The molecule has 0 radical (unpaired) electrons. The average Bonchev–Trinajstić information content (AvgIpc) is 2.90. The molecule has 0 aliphatic carbocycles. The van der Waals surface area contributed by atoms with Crippen molar-refractivity contribution in [1.82, 2.24) is 5.32 Å². The van der Waals surface area contributed by atoms with Gasteiger partial charge < -0.3 is 15.8 Å². The van der Waals surface area contributed by atoms with Gasteiger partial charge in [0.25, 0.3) is 0 Å². The molecule has 1 aliphatic heterocycles. The molecule has 1 aromatic rings. The number of carbonyl (C=O) groups excluding carboxylic acids is 1. The second kappa shape index (κ2) is 8.15. The maximum absolute atomic E-state index is 11.8. The van der Waals surface area contributed by atoms with Gasteiger partial charge in [0.05, 0.1) is 6.61 Å². The van der Waals surface area contributed by atoms with E-state index >= 15 is 0 Å². The summed E-state index contributed by atoms with van der Waals surface area (Å²) in [6, 6.07) is 9.47. The number of amides is 1. The largest absolute Gasteiger partial charge is 0.381 e. The molecule has 106 valence electrons. The lowest BCUT2D eigenvalue weighted by molar-refractivity contribution is -0.121. The van der Waals surface area contributed by atoms with E-state index in [2.05, 4.69) is 5.32 Å². The quantitative estimate of drug-likeness (QED) is 0.864. The van der Waals surface area contributed by atoms with Crippen molar-refractivity contribution < 1.29 is 9.53 Å². The second-order valence-corrected chi connectivity index (χ2v) is 4.75. The molecular formula is C14H21ClN2O2. The summed E-state index contributed by atoms with van der Waals surface area (Å²) < 4.78 is 5.26. The van der Waals surface area contributed by atoms with Crippen LogP contribution >= 0.6 is 12.4 Å². The molecule has 1 heterocycles. The van der Waals surface area contributed by atoms with Gasteiger partial charge in [-0.1, -0.05) is 30.3 Å². The van der Waals surface area contributed by atoms with E-state index in [1.54, 1.807) is 0 Å². The number of nitrogens with two attached hydrogens (primary N) is 1. The molecule has 2 rings (SSSR count). The minimum atomic E-state index is -0.231. The summed E-state index contributed by atoms with van der Waals surface area (Å²) >= 11 is 0. The first kappa shape index (κ1) is 16.0. The molecule has 1 amide bonds. The number of hydrogen-bond acceptors (Lipinski definition) is 3. The van der Waals surface area contributed by atoms with E-state index in [4.69, 9.17) is 10.5 Å². The highest BCUT2D eigenvalue weighted by atomic mass is 35.5. The van der Waals surface area contributed by atoms with Crippen molar-refractivity contribution in [3.8, 4) is 0 Å². The molecule has 19 heavy (non-hydrogen) atoms. The van der Waals surface area contributed by atoms with Gasteiger partial charge in [-0.05, 0) is 12.0 Å². The van der Waals surface area contributed by atoms with E-state index in [1.807, 2.05) is 30.3 Å². The molecule has 0 bridgehead atoms. The van der Waals surface area contributed by atoms with Crippen LogP contribution in [0.5, 0.6) is 0 Å². The maximum atomic E-state index is 11.8. The van der Waals surface area contributed by atoms with Crippen molar-refractivity contribution in [3.63, 3.8) is 0 Å². The zero-order valence-electron chi connectivity index (χ0n) is 10.9.